The van der Waals surface area contributed by atoms with Gasteiger partial charge in [-0.25, -0.2) is 0 Å². The van der Waals surface area contributed by atoms with Gasteiger partial charge < -0.3 is 26.3 Å². The van der Waals surface area contributed by atoms with E-state index in [1.165, 1.54) is 24.3 Å². The van der Waals surface area contributed by atoms with Gasteiger partial charge in [0.2, 0.25) is 5.96 Å². The molecule has 0 saturated heterocycles. The third-order valence-electron chi connectivity index (χ3n) is 4.32. The molecule has 12 heteroatoms. The molecule has 0 heterocycles. The average molecular weight is 514 g/mol. The summed E-state index contributed by atoms with van der Waals surface area (Å²) in [6.45, 7) is 0.648. The number of nitrogens with two attached hydrogens (primary N) is 2. The Bertz CT molecular complexity index is 1310. The van der Waals surface area contributed by atoms with Gasteiger partial charge in [-0.05, 0) is 66.8 Å². The van der Waals surface area contributed by atoms with Crippen LogP contribution in [-0.4, -0.2) is 38.6 Å². The van der Waals surface area contributed by atoms with Crippen molar-refractivity contribution < 1.29 is 22.7 Å². The molecule has 0 aliphatic rings. The molecule has 3 aromatic carbocycles. The van der Waals surface area contributed by atoms with Crippen molar-refractivity contribution in [2.75, 3.05) is 18.5 Å². The highest BCUT2D eigenvalue weighted by Crippen LogP contribution is 2.17. The van der Waals surface area contributed by atoms with Crippen LogP contribution in [0, 0.1) is 0 Å². The van der Waals surface area contributed by atoms with Gasteiger partial charge in [-0.2, -0.15) is 8.42 Å². The predicted octanol–water partition coefficient (Wildman–Crippen LogP) is 2.23. The molecule has 35 heavy (non-hydrogen) atoms. The number of guanidine groups is 1. The minimum Gasteiger partial charge on any atom is -0.490 e. The van der Waals surface area contributed by atoms with Crippen LogP contribution in [0.25, 0.3) is 0 Å². The van der Waals surface area contributed by atoms with E-state index in [2.05, 4.69) is 15.0 Å². The largest absolute Gasteiger partial charge is 0.490 e. The molecule has 0 aliphatic carbocycles. The molecule has 10 nitrogen and oxygen atoms in total. The van der Waals surface area contributed by atoms with E-state index in [-0.39, 0.29) is 10.0 Å². The number of hydrogen-bond donors (Lipinski definition) is 4. The third-order valence-corrected chi connectivity index (χ3v) is 5.85. The molecule has 0 aliphatic heterocycles. The predicted molar refractivity (Wildman–Crippen MR) is 137 cm³/mol. The summed E-state index contributed by atoms with van der Waals surface area (Å²) in [6, 6.07) is 21.5. The Morgan fingerprint density at radius 3 is 2.17 bits per heavy atom. The van der Waals surface area contributed by atoms with Crippen molar-refractivity contribution in [3.05, 3.63) is 84.4 Å². The van der Waals surface area contributed by atoms with Crippen LogP contribution in [0.15, 0.2) is 88.2 Å². The summed E-state index contributed by atoms with van der Waals surface area (Å²) in [7, 11) is -4.00. The fourth-order valence-corrected chi connectivity index (χ4v) is 3.88. The SMILES string of the molecule is NC(N)=NS(=O)(=O)c1ccc(NC(=S)NC(=O)c2cccc(OCCOc3ccccc3)c2)cc1. The molecular formula is C23H23N5O5S2. The minimum atomic E-state index is -4.00. The van der Waals surface area contributed by atoms with Gasteiger partial charge in [-0.1, -0.05) is 24.3 Å². The Morgan fingerprint density at radius 2 is 1.51 bits per heavy atom. The maximum Gasteiger partial charge on any atom is 0.285 e. The zero-order chi connectivity index (χ0) is 25.3. The molecular weight excluding hydrogens is 490 g/mol. The second kappa shape index (κ2) is 11.8. The number of thiocarbonyl (C=S) groups is 1. The second-order valence-electron chi connectivity index (χ2n) is 6.96. The van der Waals surface area contributed by atoms with Gasteiger partial charge in [-0.3, -0.25) is 10.1 Å². The molecule has 3 aromatic rings. The van der Waals surface area contributed by atoms with Crippen LogP contribution in [0.1, 0.15) is 10.4 Å². The van der Waals surface area contributed by atoms with Gasteiger partial charge >= 0.3 is 0 Å². The van der Waals surface area contributed by atoms with Gasteiger partial charge in [0.15, 0.2) is 5.11 Å². The van der Waals surface area contributed by atoms with E-state index >= 15 is 0 Å². The lowest BCUT2D eigenvalue weighted by Gasteiger charge is -2.11. The highest BCUT2D eigenvalue weighted by Gasteiger charge is 2.14. The van der Waals surface area contributed by atoms with E-state index in [1.54, 1.807) is 24.3 Å². The number of para-hydroxylation sites is 1. The van der Waals surface area contributed by atoms with E-state index in [1.807, 2.05) is 30.3 Å². The van der Waals surface area contributed by atoms with Crippen LogP contribution in [-0.2, 0) is 10.0 Å². The number of sulfonamides is 1. The number of carbonyl (C=O) groups is 1. The number of hydrogen-bond acceptors (Lipinski definition) is 6. The van der Waals surface area contributed by atoms with E-state index in [0.29, 0.717) is 30.2 Å². The first-order valence-electron chi connectivity index (χ1n) is 10.2. The maximum atomic E-state index is 12.6. The van der Waals surface area contributed by atoms with Crippen molar-refractivity contribution in [2.24, 2.45) is 15.9 Å². The van der Waals surface area contributed by atoms with Crippen molar-refractivity contribution in [1.29, 1.82) is 0 Å². The van der Waals surface area contributed by atoms with Crippen LogP contribution in [0.3, 0.4) is 0 Å². The monoisotopic (exact) mass is 513 g/mol. The molecule has 0 unspecified atom stereocenters. The Kier molecular flexibility index (Phi) is 8.59. The number of amides is 1. The lowest BCUT2D eigenvalue weighted by atomic mass is 10.2. The molecule has 0 saturated carbocycles. The van der Waals surface area contributed by atoms with Gasteiger partial charge in [0.1, 0.15) is 24.7 Å². The van der Waals surface area contributed by atoms with Crippen LogP contribution < -0.4 is 31.6 Å². The molecule has 1 amide bonds. The Hall–Kier alpha value is -4.16. The lowest BCUT2D eigenvalue weighted by Crippen LogP contribution is -2.34. The van der Waals surface area contributed by atoms with Crippen molar-refractivity contribution >= 4 is 44.9 Å². The molecule has 6 N–H and O–H groups in total. The van der Waals surface area contributed by atoms with Crippen molar-refractivity contribution in [3.63, 3.8) is 0 Å². The normalized spacial score (nSPS) is 10.6. The fraction of sp³-hybridized carbons (Fsp3) is 0.0870. The van der Waals surface area contributed by atoms with E-state index < -0.39 is 21.9 Å². The summed E-state index contributed by atoms with van der Waals surface area (Å²) < 4.78 is 38.4. The summed E-state index contributed by atoms with van der Waals surface area (Å²) in [5, 5.41) is 5.39. The number of carbonyl (C=O) groups excluding carboxylic acids is 1. The highest BCUT2D eigenvalue weighted by molar-refractivity contribution is 7.90. The van der Waals surface area contributed by atoms with Crippen molar-refractivity contribution in [2.45, 2.75) is 4.90 Å². The molecule has 0 fully saturated rings. The summed E-state index contributed by atoms with van der Waals surface area (Å²) in [5.41, 5.74) is 11.1. The number of anilines is 1. The molecule has 0 spiro atoms. The Labute approximate surface area is 208 Å². The molecule has 3 rings (SSSR count). The topological polar surface area (TPSA) is 158 Å². The summed E-state index contributed by atoms with van der Waals surface area (Å²) in [5.74, 6) is 0.243. The van der Waals surface area contributed by atoms with E-state index in [0.717, 1.165) is 5.75 Å². The van der Waals surface area contributed by atoms with Gasteiger partial charge in [0.25, 0.3) is 15.9 Å². The Morgan fingerprint density at radius 1 is 0.886 bits per heavy atom. The molecule has 0 atom stereocenters. The standard InChI is InChI=1S/C23H23N5O5S2/c24-22(25)28-35(30,31)20-11-9-17(10-12-20)26-23(34)27-21(29)16-5-4-8-19(15-16)33-14-13-32-18-6-2-1-3-7-18/h1-12,15H,13-14H2,(H4,24,25,28)(H2,26,27,29,34). The fourth-order valence-electron chi connectivity index (χ4n) is 2.80. The van der Waals surface area contributed by atoms with Crippen molar-refractivity contribution in [1.82, 2.24) is 5.32 Å². The molecule has 0 aromatic heterocycles. The van der Waals surface area contributed by atoms with Crippen molar-refractivity contribution in [3.8, 4) is 11.5 Å². The number of rotatable bonds is 9. The highest BCUT2D eigenvalue weighted by atomic mass is 32.2. The van der Waals surface area contributed by atoms with E-state index in [4.69, 9.17) is 33.2 Å². The van der Waals surface area contributed by atoms with Gasteiger partial charge in [0, 0.05) is 11.3 Å². The smallest absolute Gasteiger partial charge is 0.285 e. The Balaban J connectivity index is 1.51. The first-order valence-corrected chi connectivity index (χ1v) is 12.1. The van der Waals surface area contributed by atoms with Crippen LogP contribution >= 0.6 is 12.2 Å². The first kappa shape index (κ1) is 25.5. The maximum absolute atomic E-state index is 12.6. The zero-order valence-corrected chi connectivity index (χ0v) is 20.0. The quantitative estimate of drug-likeness (QED) is 0.146. The number of benzene rings is 3. The molecule has 182 valence electrons. The summed E-state index contributed by atoms with van der Waals surface area (Å²) in [4.78, 5) is 12.5. The summed E-state index contributed by atoms with van der Waals surface area (Å²) in [6.07, 6.45) is 0. The lowest BCUT2D eigenvalue weighted by molar-refractivity contribution is 0.0977. The average Bonchev–Trinajstić information content (AvgIpc) is 2.82. The minimum absolute atomic E-state index is 0.0254. The third kappa shape index (κ3) is 7.98. The van der Waals surface area contributed by atoms with E-state index in [9.17, 15) is 13.2 Å². The molecule has 0 radical (unpaired) electrons. The number of nitrogens with one attached hydrogen (secondary N) is 2. The van der Waals surface area contributed by atoms with Crippen LogP contribution in [0.2, 0.25) is 0 Å². The van der Waals surface area contributed by atoms with Gasteiger partial charge in [-0.15, -0.1) is 4.40 Å². The summed E-state index contributed by atoms with van der Waals surface area (Å²) >= 11 is 5.18. The first-order chi connectivity index (χ1) is 16.7. The van der Waals surface area contributed by atoms with Crippen LogP contribution in [0.4, 0.5) is 5.69 Å². The number of ether oxygens (including phenoxy) is 2. The van der Waals surface area contributed by atoms with Gasteiger partial charge in [0.05, 0.1) is 4.90 Å². The second-order valence-corrected chi connectivity index (χ2v) is 8.97. The van der Waals surface area contributed by atoms with Crippen LogP contribution in [0.5, 0.6) is 11.5 Å². The molecule has 0 bridgehead atoms. The zero-order valence-electron chi connectivity index (χ0n) is 18.4. The number of nitrogens with zero attached hydrogens (tertiary/aromatic N) is 1.